The molecule has 0 radical (unpaired) electrons. The quantitative estimate of drug-likeness (QED) is 0.446. The lowest BCUT2D eigenvalue weighted by molar-refractivity contribution is -0.114. The lowest BCUT2D eigenvalue weighted by atomic mass is 9.88. The number of terminal acetylenes is 1. The number of anilines is 1. The van der Waals surface area contributed by atoms with E-state index in [1.807, 2.05) is 0 Å². The molecule has 2 aliphatic heterocycles. The third-order valence-corrected chi connectivity index (χ3v) is 5.31. The maximum Gasteiger partial charge on any atom is 0.220 e. The molecule has 4 heterocycles. The van der Waals surface area contributed by atoms with Crippen LogP contribution in [0.5, 0.6) is 0 Å². The van der Waals surface area contributed by atoms with Gasteiger partial charge in [0.1, 0.15) is 17.4 Å². The first-order chi connectivity index (χ1) is 11.6. The van der Waals surface area contributed by atoms with Crippen LogP contribution in [-0.4, -0.2) is 54.4 Å². The summed E-state index contributed by atoms with van der Waals surface area (Å²) in [6, 6.07) is 0. The largest absolute Gasteiger partial charge is 0.393 e. The number of aliphatic hydroxyl groups excluding tert-OH is 1. The summed E-state index contributed by atoms with van der Waals surface area (Å²) in [5.74, 6) is 2.78. The Labute approximate surface area is 145 Å². The summed E-state index contributed by atoms with van der Waals surface area (Å²) >= 11 is 6.80. The van der Waals surface area contributed by atoms with Crippen molar-refractivity contribution in [3.05, 3.63) is 12.7 Å². The van der Waals surface area contributed by atoms with Crippen LogP contribution in [0.3, 0.4) is 0 Å². The van der Waals surface area contributed by atoms with Crippen molar-refractivity contribution in [3.8, 4) is 12.3 Å². The molecule has 0 spiro atoms. The average molecular weight is 370 g/mol. The lowest BCUT2D eigenvalue weighted by Crippen LogP contribution is -2.51. The maximum absolute atomic E-state index is 9.85. The van der Waals surface area contributed by atoms with Crippen LogP contribution in [0.1, 0.15) is 6.23 Å². The zero-order valence-electron chi connectivity index (χ0n) is 12.1. The van der Waals surface area contributed by atoms with Gasteiger partial charge in [0.05, 0.1) is 18.8 Å². The number of aliphatic hydroxyl groups is 1. The molecule has 0 amide bonds. The van der Waals surface area contributed by atoms with Crippen molar-refractivity contribution in [2.45, 2.75) is 23.5 Å². The second kappa shape index (κ2) is 5.45. The highest BCUT2D eigenvalue weighted by Crippen LogP contribution is 2.55. The Morgan fingerprint density at radius 3 is 3.04 bits per heavy atom. The van der Waals surface area contributed by atoms with Gasteiger partial charge in [0, 0.05) is 0 Å². The van der Waals surface area contributed by atoms with E-state index >= 15 is 0 Å². The molecule has 0 bridgehead atoms. The zero-order chi connectivity index (χ0) is 16.9. The molecular weight excluding hydrogens is 358 g/mol. The number of hydrogen-bond donors (Lipinski definition) is 2. The Morgan fingerprint density at radius 1 is 1.50 bits per heavy atom. The fourth-order valence-electron chi connectivity index (χ4n) is 2.99. The van der Waals surface area contributed by atoms with Crippen LogP contribution in [0.15, 0.2) is 12.7 Å². The van der Waals surface area contributed by atoms with Gasteiger partial charge in [-0.05, 0) is 0 Å². The van der Waals surface area contributed by atoms with Crippen LogP contribution in [0.25, 0.3) is 11.2 Å². The van der Waals surface area contributed by atoms with Gasteiger partial charge < -0.3 is 15.6 Å². The van der Waals surface area contributed by atoms with Crippen molar-refractivity contribution in [3.63, 3.8) is 0 Å². The summed E-state index contributed by atoms with van der Waals surface area (Å²) in [7, 11) is 0. The third kappa shape index (κ3) is 1.85. The lowest BCUT2D eigenvalue weighted by Gasteiger charge is -2.27. The molecule has 126 valence electrons. The van der Waals surface area contributed by atoms with Crippen LogP contribution in [0.4, 0.5) is 5.82 Å². The monoisotopic (exact) mass is 369 g/mol. The number of nitrogens with zero attached hydrogens (tertiary/aromatic N) is 4. The number of aromatic nitrogens is 4. The van der Waals surface area contributed by atoms with Gasteiger partial charge in [-0.3, -0.25) is 12.9 Å². The first-order valence-corrected chi connectivity index (χ1v) is 8.08. The first-order valence-electron chi connectivity index (χ1n) is 6.88. The predicted octanol–water partition coefficient (Wildman–Crippen LogP) is 0.258. The highest BCUT2D eigenvalue weighted by Gasteiger charge is 2.70. The Bertz CT molecular complexity index is 837. The van der Waals surface area contributed by atoms with E-state index in [0.29, 0.717) is 11.2 Å². The Kier molecular flexibility index (Phi) is 3.61. The van der Waals surface area contributed by atoms with Gasteiger partial charge in [-0.2, -0.15) is 0 Å². The molecule has 2 aromatic rings. The van der Waals surface area contributed by atoms with Gasteiger partial charge in [0.2, 0.25) is 5.60 Å². The van der Waals surface area contributed by atoms with Crippen molar-refractivity contribution < 1.29 is 18.2 Å². The highest BCUT2D eigenvalue weighted by atomic mass is 35.5. The topological polar surface area (TPSA) is 118 Å². The van der Waals surface area contributed by atoms with Crippen molar-refractivity contribution in [2.24, 2.45) is 0 Å². The molecule has 0 aliphatic carbocycles. The number of alkyl halides is 1. The molecule has 4 rings (SSSR count). The normalized spacial score (nSPS) is 35.2. The van der Waals surface area contributed by atoms with Crippen molar-refractivity contribution in [1.82, 2.24) is 19.5 Å². The van der Waals surface area contributed by atoms with Gasteiger partial charge in [-0.15, -0.1) is 18.0 Å². The maximum atomic E-state index is 9.85. The zero-order valence-corrected chi connectivity index (χ0v) is 13.7. The molecule has 3 N–H and O–H groups in total. The molecule has 4 atom stereocenters. The molecular formula is C13H12ClN5O4S. The minimum Gasteiger partial charge on any atom is -0.393 e. The number of rotatable bonds is 3. The van der Waals surface area contributed by atoms with Gasteiger partial charge in [0.25, 0.3) is 0 Å². The number of fused-ring (bicyclic) bond motifs is 2. The second-order valence-corrected chi connectivity index (χ2v) is 6.24. The van der Waals surface area contributed by atoms with Crippen LogP contribution < -0.4 is 5.73 Å². The van der Waals surface area contributed by atoms with Crippen LogP contribution in [0, 0.1) is 12.3 Å². The molecule has 2 saturated heterocycles. The third-order valence-electron chi connectivity index (χ3n) is 4.25. The standard InChI is InChI=1S/C13H12ClN5O4S/c1-2-13-10(22-24-23-13)12(3-14,4-20)21-11(13)19-6-18-7-8(15)16-5-17-9(7)19/h1,5-6,10-11,20H,3-4H2,(H2,15,16,17)/t10-,11-,12-,13-/m1/s1. The number of ether oxygens (including phenoxy) is 1. The van der Waals surface area contributed by atoms with E-state index in [1.165, 1.54) is 12.7 Å². The van der Waals surface area contributed by atoms with Crippen molar-refractivity contribution >= 4 is 40.9 Å². The minimum atomic E-state index is -1.31. The van der Waals surface area contributed by atoms with E-state index in [0.717, 1.165) is 12.3 Å². The average Bonchev–Trinajstić information content (AvgIpc) is 3.27. The molecule has 2 aromatic heterocycles. The van der Waals surface area contributed by atoms with Crippen molar-refractivity contribution in [1.29, 1.82) is 0 Å². The van der Waals surface area contributed by atoms with Gasteiger partial charge >= 0.3 is 0 Å². The SMILES string of the molecule is C#C[C@@]12OSO[C@@H]1[C@](CO)(CCl)O[C@H]2n1cnc2c(N)ncnc21. The molecule has 0 saturated carbocycles. The number of nitrogen functional groups attached to an aromatic ring is 1. The van der Waals surface area contributed by atoms with E-state index in [4.69, 9.17) is 36.9 Å². The Balaban J connectivity index is 1.90. The van der Waals surface area contributed by atoms with E-state index in [-0.39, 0.29) is 11.7 Å². The van der Waals surface area contributed by atoms with Crippen LogP contribution in [-0.2, 0) is 13.1 Å². The molecule has 9 nitrogen and oxygen atoms in total. The summed E-state index contributed by atoms with van der Waals surface area (Å²) in [5.41, 5.74) is 4.11. The number of halogens is 1. The number of imidazole rings is 1. The Hall–Kier alpha value is -1.61. The molecule has 0 aromatic carbocycles. The van der Waals surface area contributed by atoms with E-state index in [2.05, 4.69) is 20.9 Å². The van der Waals surface area contributed by atoms with Gasteiger partial charge in [0.15, 0.2) is 36.1 Å². The smallest absolute Gasteiger partial charge is 0.220 e. The summed E-state index contributed by atoms with van der Waals surface area (Å²) < 4.78 is 18.8. The second-order valence-electron chi connectivity index (χ2n) is 5.47. The summed E-state index contributed by atoms with van der Waals surface area (Å²) in [6.45, 7) is -0.394. The Morgan fingerprint density at radius 2 is 2.33 bits per heavy atom. The van der Waals surface area contributed by atoms with Crippen LogP contribution >= 0.6 is 23.9 Å². The minimum absolute atomic E-state index is 0.0399. The molecule has 0 unspecified atom stereocenters. The molecule has 2 aliphatic rings. The van der Waals surface area contributed by atoms with Gasteiger partial charge in [-0.1, -0.05) is 5.92 Å². The summed E-state index contributed by atoms with van der Waals surface area (Å²) in [6.07, 6.45) is 6.89. The van der Waals surface area contributed by atoms with E-state index < -0.39 is 30.1 Å². The van der Waals surface area contributed by atoms with Crippen LogP contribution in [0.2, 0.25) is 0 Å². The summed E-state index contributed by atoms with van der Waals surface area (Å²) in [5, 5.41) is 9.85. The van der Waals surface area contributed by atoms with Gasteiger partial charge in [-0.25, -0.2) is 15.0 Å². The number of nitrogens with two attached hydrogens (primary N) is 1. The fraction of sp³-hybridized carbons (Fsp3) is 0.462. The predicted molar refractivity (Wildman–Crippen MR) is 85.5 cm³/mol. The number of hydrogen-bond acceptors (Lipinski definition) is 9. The van der Waals surface area contributed by atoms with Crippen molar-refractivity contribution in [2.75, 3.05) is 18.2 Å². The summed E-state index contributed by atoms with van der Waals surface area (Å²) in [4.78, 5) is 12.3. The van der Waals surface area contributed by atoms with E-state index in [9.17, 15) is 5.11 Å². The highest BCUT2D eigenvalue weighted by molar-refractivity contribution is 7.90. The first kappa shape index (κ1) is 15.9. The molecule has 24 heavy (non-hydrogen) atoms. The van der Waals surface area contributed by atoms with E-state index in [1.54, 1.807) is 4.57 Å². The molecule has 2 fully saturated rings. The fourth-order valence-corrected chi connectivity index (χ4v) is 4.05. The molecule has 11 heteroatoms.